The van der Waals surface area contributed by atoms with Crippen LogP contribution in [0.1, 0.15) is 15.5 Å². The molecule has 4 rings (SSSR count). The summed E-state index contributed by atoms with van der Waals surface area (Å²) in [6.45, 7) is 1.81. The van der Waals surface area contributed by atoms with E-state index in [0.29, 0.717) is 27.8 Å². The van der Waals surface area contributed by atoms with Crippen molar-refractivity contribution in [3.05, 3.63) is 64.2 Å². The van der Waals surface area contributed by atoms with Crippen molar-refractivity contribution < 1.29 is 13.6 Å². The van der Waals surface area contributed by atoms with Crippen molar-refractivity contribution in [1.82, 2.24) is 15.2 Å². The van der Waals surface area contributed by atoms with E-state index < -0.39 is 11.6 Å². The Bertz CT molecular complexity index is 1140. The van der Waals surface area contributed by atoms with Crippen LogP contribution in [0.15, 0.2) is 41.9 Å². The minimum Gasteiger partial charge on any atom is -0.320 e. The third kappa shape index (κ3) is 2.84. The van der Waals surface area contributed by atoms with E-state index in [1.54, 1.807) is 23.7 Å². The summed E-state index contributed by atoms with van der Waals surface area (Å²) in [5.74, 6) is -2.26. The number of aromatic amines is 1. The number of benzene rings is 2. The van der Waals surface area contributed by atoms with Gasteiger partial charge in [0.1, 0.15) is 5.69 Å². The van der Waals surface area contributed by atoms with Crippen molar-refractivity contribution in [1.29, 1.82) is 0 Å². The number of halogens is 2. The van der Waals surface area contributed by atoms with Crippen LogP contribution in [0.2, 0.25) is 0 Å². The molecule has 0 bridgehead atoms. The molecule has 0 fully saturated rings. The molecule has 1 amide bonds. The molecule has 4 aromatic rings. The van der Waals surface area contributed by atoms with Gasteiger partial charge >= 0.3 is 0 Å². The van der Waals surface area contributed by atoms with Crippen LogP contribution in [0, 0.1) is 18.6 Å². The summed E-state index contributed by atoms with van der Waals surface area (Å²) in [5, 5.41) is 12.6. The molecule has 0 aliphatic rings. The molecule has 130 valence electrons. The van der Waals surface area contributed by atoms with Crippen LogP contribution in [-0.2, 0) is 0 Å². The lowest BCUT2D eigenvalue weighted by Crippen LogP contribution is -2.12. The Morgan fingerprint density at radius 1 is 1.27 bits per heavy atom. The molecule has 26 heavy (non-hydrogen) atoms. The number of nitrogens with zero attached hydrogens (tertiary/aromatic N) is 2. The molecule has 0 aliphatic carbocycles. The number of anilines is 1. The highest BCUT2D eigenvalue weighted by Gasteiger charge is 2.16. The van der Waals surface area contributed by atoms with Gasteiger partial charge in [0.15, 0.2) is 11.6 Å². The minimum absolute atomic E-state index is 0.0986. The fourth-order valence-electron chi connectivity index (χ4n) is 2.69. The maximum absolute atomic E-state index is 14.2. The molecule has 0 aliphatic heterocycles. The van der Waals surface area contributed by atoms with Gasteiger partial charge in [-0.1, -0.05) is 12.1 Å². The van der Waals surface area contributed by atoms with E-state index in [2.05, 4.69) is 20.5 Å². The molecular formula is C18H12F2N4OS. The van der Waals surface area contributed by atoms with Crippen molar-refractivity contribution in [3.8, 4) is 11.1 Å². The number of nitrogens with one attached hydrogen (secondary N) is 2. The minimum atomic E-state index is -0.946. The van der Waals surface area contributed by atoms with Crippen molar-refractivity contribution in [2.45, 2.75) is 6.92 Å². The molecule has 0 saturated carbocycles. The molecule has 2 aromatic carbocycles. The lowest BCUT2D eigenvalue weighted by atomic mass is 10.0. The number of H-pyrrole nitrogens is 1. The van der Waals surface area contributed by atoms with Gasteiger partial charge in [-0.2, -0.15) is 5.10 Å². The van der Waals surface area contributed by atoms with E-state index >= 15 is 0 Å². The quantitative estimate of drug-likeness (QED) is 0.557. The maximum atomic E-state index is 14.2. The second kappa shape index (κ2) is 6.30. The number of rotatable bonds is 3. The third-order valence-corrected chi connectivity index (χ3v) is 4.69. The van der Waals surface area contributed by atoms with Gasteiger partial charge in [0.25, 0.3) is 5.91 Å². The first kappa shape index (κ1) is 16.3. The average molecular weight is 370 g/mol. The van der Waals surface area contributed by atoms with Crippen molar-refractivity contribution >= 4 is 33.8 Å². The number of hydrogen-bond acceptors (Lipinski definition) is 4. The summed E-state index contributed by atoms with van der Waals surface area (Å²) in [5.41, 5.74) is 1.85. The largest absolute Gasteiger partial charge is 0.320 e. The van der Waals surface area contributed by atoms with Crippen LogP contribution >= 0.6 is 11.3 Å². The van der Waals surface area contributed by atoms with Crippen molar-refractivity contribution in [2.75, 3.05) is 5.32 Å². The van der Waals surface area contributed by atoms with E-state index in [9.17, 15) is 13.6 Å². The molecule has 2 N–H and O–H groups in total. The molecule has 0 spiro atoms. The highest BCUT2D eigenvalue weighted by molar-refractivity contribution is 7.09. The van der Waals surface area contributed by atoms with Crippen LogP contribution < -0.4 is 5.32 Å². The van der Waals surface area contributed by atoms with E-state index in [1.807, 2.05) is 6.92 Å². The van der Waals surface area contributed by atoms with E-state index in [-0.39, 0.29) is 11.5 Å². The highest BCUT2D eigenvalue weighted by Crippen LogP contribution is 2.32. The zero-order chi connectivity index (χ0) is 18.3. The number of amides is 1. The van der Waals surface area contributed by atoms with Crippen LogP contribution in [-0.4, -0.2) is 21.1 Å². The summed E-state index contributed by atoms with van der Waals surface area (Å²) in [6.07, 6.45) is 1.56. The number of thiazole rings is 1. The topological polar surface area (TPSA) is 70.7 Å². The van der Waals surface area contributed by atoms with E-state index in [0.717, 1.165) is 11.1 Å². The van der Waals surface area contributed by atoms with Gasteiger partial charge in [0.05, 0.1) is 22.4 Å². The van der Waals surface area contributed by atoms with Crippen LogP contribution in [0.25, 0.3) is 22.0 Å². The van der Waals surface area contributed by atoms with Gasteiger partial charge in [-0.15, -0.1) is 11.3 Å². The Balaban J connectivity index is 1.80. The van der Waals surface area contributed by atoms with Gasteiger partial charge in [-0.3, -0.25) is 9.89 Å². The Morgan fingerprint density at radius 3 is 2.88 bits per heavy atom. The Kier molecular flexibility index (Phi) is 3.96. The maximum Gasteiger partial charge on any atom is 0.275 e. The zero-order valence-corrected chi connectivity index (χ0v) is 14.3. The highest BCUT2D eigenvalue weighted by atomic mass is 32.1. The number of aromatic nitrogens is 3. The second-order valence-electron chi connectivity index (χ2n) is 5.66. The van der Waals surface area contributed by atoms with Crippen LogP contribution in [0.5, 0.6) is 0 Å². The molecular weight excluding hydrogens is 358 g/mol. The lowest BCUT2D eigenvalue weighted by molar-refractivity contribution is 0.102. The van der Waals surface area contributed by atoms with E-state index in [1.165, 1.54) is 23.5 Å². The van der Waals surface area contributed by atoms with E-state index in [4.69, 9.17) is 0 Å². The third-order valence-electron chi connectivity index (χ3n) is 3.92. The Hall–Kier alpha value is -3.13. The Labute approximate surface area is 150 Å². The van der Waals surface area contributed by atoms with Gasteiger partial charge in [0.2, 0.25) is 0 Å². The number of hydrogen-bond donors (Lipinski definition) is 2. The van der Waals surface area contributed by atoms with Crippen LogP contribution in [0.3, 0.4) is 0 Å². The molecule has 2 aromatic heterocycles. The summed E-state index contributed by atoms with van der Waals surface area (Å²) < 4.78 is 27.8. The molecule has 0 unspecified atom stereocenters. The standard InChI is InChI=1S/C18H12F2N4OS/c1-9-22-16(8-26-9)18(25)23-14-5-10(6-15-12(14)7-21-24-15)11-3-2-4-13(19)17(11)20/h2-8H,1H3,(H,21,24)(H,23,25). The van der Waals surface area contributed by atoms with Gasteiger partial charge in [-0.05, 0) is 30.7 Å². The average Bonchev–Trinajstić information content (AvgIpc) is 3.26. The van der Waals surface area contributed by atoms with Crippen molar-refractivity contribution in [2.24, 2.45) is 0 Å². The molecule has 0 radical (unpaired) electrons. The fraction of sp³-hybridized carbons (Fsp3) is 0.0556. The first-order chi connectivity index (χ1) is 12.5. The lowest BCUT2D eigenvalue weighted by Gasteiger charge is -2.10. The summed E-state index contributed by atoms with van der Waals surface area (Å²) in [4.78, 5) is 16.6. The molecule has 5 nitrogen and oxygen atoms in total. The zero-order valence-electron chi connectivity index (χ0n) is 13.5. The first-order valence-corrected chi connectivity index (χ1v) is 8.56. The summed E-state index contributed by atoms with van der Waals surface area (Å²) in [7, 11) is 0. The molecule has 0 atom stereocenters. The first-order valence-electron chi connectivity index (χ1n) is 7.68. The van der Waals surface area contributed by atoms with Gasteiger partial charge in [-0.25, -0.2) is 13.8 Å². The normalized spacial score (nSPS) is 11.0. The second-order valence-corrected chi connectivity index (χ2v) is 6.72. The number of aryl methyl sites for hydroxylation is 1. The predicted molar refractivity (Wildman–Crippen MR) is 96.2 cm³/mol. The van der Waals surface area contributed by atoms with Gasteiger partial charge < -0.3 is 5.32 Å². The monoisotopic (exact) mass is 370 g/mol. The molecule has 8 heteroatoms. The van der Waals surface area contributed by atoms with Crippen molar-refractivity contribution in [3.63, 3.8) is 0 Å². The fourth-order valence-corrected chi connectivity index (χ4v) is 3.28. The smallest absolute Gasteiger partial charge is 0.275 e. The predicted octanol–water partition coefficient (Wildman–Crippen LogP) is 4.53. The van der Waals surface area contributed by atoms with Crippen LogP contribution in [0.4, 0.5) is 14.5 Å². The molecule has 2 heterocycles. The summed E-state index contributed by atoms with van der Waals surface area (Å²) in [6, 6.07) is 7.21. The Morgan fingerprint density at radius 2 is 2.12 bits per heavy atom. The number of carbonyl (C=O) groups is 1. The number of fused-ring (bicyclic) bond motifs is 1. The SMILES string of the molecule is Cc1nc(C(=O)Nc2cc(-c3cccc(F)c3F)cc3[nH]ncc23)cs1. The summed E-state index contributed by atoms with van der Waals surface area (Å²) >= 11 is 1.37. The van der Waals surface area contributed by atoms with Gasteiger partial charge in [0, 0.05) is 16.3 Å². The number of carbonyl (C=O) groups excluding carboxylic acids is 1. The molecule has 0 saturated heterocycles.